The van der Waals surface area contributed by atoms with Gasteiger partial charge in [-0.2, -0.15) is 0 Å². The van der Waals surface area contributed by atoms with Crippen molar-refractivity contribution in [3.8, 4) is 16.9 Å². The highest BCUT2D eigenvalue weighted by atomic mass is 32.2. The van der Waals surface area contributed by atoms with Crippen molar-refractivity contribution in [2.24, 2.45) is 0 Å². The minimum atomic E-state index is -0.568. The van der Waals surface area contributed by atoms with Crippen molar-refractivity contribution in [3.05, 3.63) is 70.5 Å². The van der Waals surface area contributed by atoms with Crippen LogP contribution in [0.4, 0.5) is 0 Å². The minimum Gasteiger partial charge on any atom is -0.493 e. The Morgan fingerprint density at radius 1 is 0.725 bits per heavy atom. The lowest BCUT2D eigenvalue weighted by Crippen LogP contribution is -2.18. The Hall–Kier alpha value is -3.85. The number of nitrogens with zero attached hydrogens (tertiary/aromatic N) is 2. The predicted molar refractivity (Wildman–Crippen MR) is 208 cm³/mol. The van der Waals surface area contributed by atoms with Crippen molar-refractivity contribution in [3.63, 3.8) is 0 Å². The number of carbonyl (C=O) groups is 2. The van der Waals surface area contributed by atoms with Gasteiger partial charge in [-0.3, -0.25) is 4.98 Å². The van der Waals surface area contributed by atoms with Crippen molar-refractivity contribution in [1.82, 2.24) is 15.0 Å². The lowest BCUT2D eigenvalue weighted by molar-refractivity contribution is 0.0526. The number of para-hydroxylation sites is 2. The molecule has 2 aromatic heterocycles. The van der Waals surface area contributed by atoms with Gasteiger partial charge < -0.3 is 19.2 Å². The summed E-state index contributed by atoms with van der Waals surface area (Å²) in [4.78, 5) is 40.4. The van der Waals surface area contributed by atoms with Gasteiger partial charge in [0.05, 0.1) is 53.9 Å². The quantitative estimate of drug-likeness (QED) is 0.0460. The van der Waals surface area contributed by atoms with E-state index in [4.69, 9.17) is 24.2 Å². The second-order valence-corrected chi connectivity index (χ2v) is 14.0. The first-order valence-corrected chi connectivity index (χ1v) is 20.0. The van der Waals surface area contributed by atoms with Crippen molar-refractivity contribution in [2.75, 3.05) is 20.3 Å². The Kier molecular flexibility index (Phi) is 16.8. The maximum Gasteiger partial charge on any atom is 0.340 e. The zero-order chi connectivity index (χ0) is 36.4. The third kappa shape index (κ3) is 11.3. The Morgan fingerprint density at radius 2 is 1.39 bits per heavy atom. The van der Waals surface area contributed by atoms with Crippen LogP contribution < -0.4 is 4.74 Å². The number of pyridine rings is 1. The zero-order valence-corrected chi connectivity index (χ0v) is 32.2. The number of methoxy groups -OCH3 is 1. The molecule has 8 nitrogen and oxygen atoms in total. The van der Waals surface area contributed by atoms with Gasteiger partial charge in [0.2, 0.25) is 0 Å². The summed E-state index contributed by atoms with van der Waals surface area (Å²) in [6.07, 6.45) is 17.4. The molecule has 0 radical (unpaired) electrons. The number of aromatic nitrogens is 3. The van der Waals surface area contributed by atoms with Crippen LogP contribution in [-0.4, -0.2) is 47.2 Å². The van der Waals surface area contributed by atoms with Gasteiger partial charge >= 0.3 is 11.9 Å². The molecule has 1 N–H and O–H groups in total. The Balaban J connectivity index is 1.61. The third-order valence-electron chi connectivity index (χ3n) is 9.25. The number of aromatic amines is 1. The lowest BCUT2D eigenvalue weighted by atomic mass is 9.87. The second kappa shape index (κ2) is 21.5. The van der Waals surface area contributed by atoms with Crippen LogP contribution in [0, 0.1) is 6.92 Å². The van der Waals surface area contributed by atoms with E-state index >= 15 is 0 Å². The van der Waals surface area contributed by atoms with Crippen molar-refractivity contribution >= 4 is 34.7 Å². The molecule has 0 aliphatic heterocycles. The number of rotatable bonds is 23. The number of ether oxygens (including phenoxy) is 3. The van der Waals surface area contributed by atoms with E-state index in [1.807, 2.05) is 43.3 Å². The largest absolute Gasteiger partial charge is 0.493 e. The maximum absolute atomic E-state index is 13.8. The molecular weight excluding hydrogens is 659 g/mol. The number of thioether (sulfide) groups is 1. The number of benzene rings is 2. The number of fused-ring (bicyclic) bond motifs is 1. The molecule has 2 aromatic carbocycles. The highest BCUT2D eigenvalue weighted by molar-refractivity contribution is 7.98. The summed E-state index contributed by atoms with van der Waals surface area (Å²) in [5.41, 5.74) is 5.48. The topological polar surface area (TPSA) is 103 Å². The van der Waals surface area contributed by atoms with Crippen molar-refractivity contribution < 1.29 is 23.8 Å². The van der Waals surface area contributed by atoms with Gasteiger partial charge in [0.1, 0.15) is 5.75 Å². The Labute approximate surface area is 308 Å². The zero-order valence-electron chi connectivity index (χ0n) is 31.4. The highest BCUT2D eigenvalue weighted by Gasteiger charge is 2.32. The van der Waals surface area contributed by atoms with Gasteiger partial charge in [-0.05, 0) is 57.4 Å². The number of unbranched alkanes of at least 4 members (excludes halogenated alkanes) is 12. The SMILES string of the molecule is CCCCCCCCCCCCCCCc1cccc(OCC)c1-c1c(C(=O)OCC)c(C)nc(CSc2nc3ccccc3[nH]2)c1C(=O)OC. The molecule has 0 unspecified atom stereocenters. The number of nitrogens with one attached hydrogen (secondary N) is 1. The first-order chi connectivity index (χ1) is 24.9. The number of esters is 2. The molecule has 4 rings (SSSR count). The van der Waals surface area contributed by atoms with Gasteiger partial charge in [0.15, 0.2) is 5.16 Å². The fourth-order valence-electron chi connectivity index (χ4n) is 6.71. The van der Waals surface area contributed by atoms with Crippen LogP contribution in [0.15, 0.2) is 47.6 Å². The fourth-order valence-corrected chi connectivity index (χ4v) is 7.53. The fraction of sp³-hybridized carbons (Fsp3) is 0.524. The molecule has 51 heavy (non-hydrogen) atoms. The summed E-state index contributed by atoms with van der Waals surface area (Å²) < 4.78 is 17.2. The molecular formula is C42H57N3O5S. The van der Waals surface area contributed by atoms with E-state index in [2.05, 4.69) is 18.0 Å². The number of carbonyl (C=O) groups excluding carboxylic acids is 2. The number of H-pyrrole nitrogens is 1. The van der Waals surface area contributed by atoms with E-state index in [1.54, 1.807) is 13.8 Å². The van der Waals surface area contributed by atoms with Crippen LogP contribution in [0.2, 0.25) is 0 Å². The van der Waals surface area contributed by atoms with Gasteiger partial charge in [0, 0.05) is 16.9 Å². The molecule has 0 amide bonds. The van der Waals surface area contributed by atoms with Crippen molar-refractivity contribution in [1.29, 1.82) is 0 Å². The lowest BCUT2D eigenvalue weighted by Gasteiger charge is -2.22. The average molecular weight is 716 g/mol. The number of imidazole rings is 1. The predicted octanol–water partition coefficient (Wildman–Crippen LogP) is 11.2. The number of hydrogen-bond donors (Lipinski definition) is 1. The summed E-state index contributed by atoms with van der Waals surface area (Å²) in [6.45, 7) is 8.38. The van der Waals surface area contributed by atoms with E-state index in [0.29, 0.717) is 40.2 Å². The van der Waals surface area contributed by atoms with Gasteiger partial charge in [0.25, 0.3) is 0 Å². The molecule has 4 aromatic rings. The highest BCUT2D eigenvalue weighted by Crippen LogP contribution is 2.42. The van der Waals surface area contributed by atoms with E-state index in [9.17, 15) is 9.59 Å². The average Bonchev–Trinajstić information content (AvgIpc) is 3.55. The second-order valence-electron chi connectivity index (χ2n) is 13.0. The van der Waals surface area contributed by atoms with E-state index in [1.165, 1.54) is 89.5 Å². The Morgan fingerprint density at radius 3 is 2.02 bits per heavy atom. The maximum atomic E-state index is 13.8. The van der Waals surface area contributed by atoms with Crippen LogP contribution in [0.5, 0.6) is 5.75 Å². The van der Waals surface area contributed by atoms with Gasteiger partial charge in [-0.15, -0.1) is 0 Å². The molecule has 0 saturated heterocycles. The first-order valence-electron chi connectivity index (χ1n) is 19.0. The van der Waals surface area contributed by atoms with Crippen molar-refractivity contribution in [2.45, 2.75) is 128 Å². The van der Waals surface area contributed by atoms with Gasteiger partial charge in [-0.1, -0.05) is 120 Å². The van der Waals surface area contributed by atoms with Crippen LogP contribution in [0.25, 0.3) is 22.2 Å². The Bertz CT molecular complexity index is 1670. The molecule has 0 aliphatic carbocycles. The summed E-state index contributed by atoms with van der Waals surface area (Å²) in [6, 6.07) is 13.8. The molecule has 0 fully saturated rings. The molecule has 0 atom stereocenters. The van der Waals surface area contributed by atoms with Crippen LogP contribution in [0.1, 0.15) is 142 Å². The normalized spacial score (nSPS) is 11.2. The summed E-state index contributed by atoms with van der Waals surface area (Å²) in [5, 5.41) is 0.709. The van der Waals surface area contributed by atoms with E-state index in [-0.39, 0.29) is 17.7 Å². The summed E-state index contributed by atoms with van der Waals surface area (Å²) in [5.74, 6) is -0.160. The molecule has 9 heteroatoms. The smallest absolute Gasteiger partial charge is 0.340 e. The van der Waals surface area contributed by atoms with E-state index in [0.717, 1.165) is 41.4 Å². The number of aryl methyl sites for hydroxylation is 2. The molecule has 0 bridgehead atoms. The molecule has 0 aliphatic rings. The van der Waals surface area contributed by atoms with Gasteiger partial charge in [-0.25, -0.2) is 14.6 Å². The monoisotopic (exact) mass is 715 g/mol. The third-order valence-corrected chi connectivity index (χ3v) is 10.1. The van der Waals surface area contributed by atoms with Crippen LogP contribution in [-0.2, 0) is 21.6 Å². The van der Waals surface area contributed by atoms with Crippen LogP contribution >= 0.6 is 11.8 Å². The standard InChI is InChI=1S/C42H57N3O5S/c1-6-9-10-11-12-13-14-15-16-17-18-19-20-24-31-25-23-28-35(49-7-2)37(31)39-36(41(47)50-8-3)30(4)43-34(38(39)40(46)48-5)29-51-42-44-32-26-21-22-27-33(32)45-42/h21-23,25-28H,6-20,24,29H2,1-5H3,(H,44,45). The minimum absolute atomic E-state index is 0.188. The summed E-state index contributed by atoms with van der Waals surface area (Å²) in [7, 11) is 1.36. The molecule has 0 saturated carbocycles. The summed E-state index contributed by atoms with van der Waals surface area (Å²) >= 11 is 1.44. The molecule has 276 valence electrons. The van der Waals surface area contributed by atoms with Crippen LogP contribution in [0.3, 0.4) is 0 Å². The van der Waals surface area contributed by atoms with E-state index < -0.39 is 11.9 Å². The first kappa shape index (κ1) is 39.9. The molecule has 0 spiro atoms. The molecule has 2 heterocycles. The number of hydrogen-bond acceptors (Lipinski definition) is 8.